The molecule has 1 atom stereocenters. The number of carbonyl (C=O) groups is 1. The fourth-order valence-electron chi connectivity index (χ4n) is 3.23. The second-order valence-electron chi connectivity index (χ2n) is 6.90. The van der Waals surface area contributed by atoms with Crippen LogP contribution in [0.1, 0.15) is 17.2 Å². The molecule has 0 radical (unpaired) electrons. The summed E-state index contributed by atoms with van der Waals surface area (Å²) in [5.74, 6) is -0.179. The smallest absolute Gasteiger partial charge is 0.387 e. The van der Waals surface area contributed by atoms with Gasteiger partial charge in [0.2, 0.25) is 5.91 Å². The fraction of sp³-hybridized carbons (Fsp3) is 0.174. The Morgan fingerprint density at radius 1 is 1.00 bits per heavy atom. The van der Waals surface area contributed by atoms with Gasteiger partial charge >= 0.3 is 6.61 Å². The Hall–Kier alpha value is -2.67. The number of carbonyl (C=O) groups excluding carboxylic acids is 1. The van der Waals surface area contributed by atoms with Crippen LogP contribution in [0.25, 0.3) is 0 Å². The van der Waals surface area contributed by atoms with Crippen LogP contribution in [0.3, 0.4) is 0 Å². The van der Waals surface area contributed by atoms with Gasteiger partial charge in [-0.15, -0.1) is 0 Å². The minimum atomic E-state index is -2.88. The van der Waals surface area contributed by atoms with E-state index in [4.69, 9.17) is 23.2 Å². The Balaban J connectivity index is 1.80. The van der Waals surface area contributed by atoms with E-state index in [1.165, 1.54) is 12.1 Å². The molecule has 0 saturated carbocycles. The number of rotatable bonds is 8. The van der Waals surface area contributed by atoms with Crippen LogP contribution >= 0.6 is 23.2 Å². The number of anilines is 1. The van der Waals surface area contributed by atoms with Gasteiger partial charge in [0.15, 0.2) is 0 Å². The molecule has 3 aromatic rings. The summed E-state index contributed by atoms with van der Waals surface area (Å²) in [5.41, 5.74) is 2.13. The Labute approximate surface area is 189 Å². The van der Waals surface area contributed by atoms with Crippen molar-refractivity contribution in [2.75, 3.05) is 12.4 Å². The molecule has 0 heterocycles. The molecule has 162 valence electrons. The average Bonchev–Trinajstić information content (AvgIpc) is 2.69. The molecule has 4 nitrogen and oxygen atoms in total. The minimum absolute atomic E-state index is 0.0802. The summed E-state index contributed by atoms with van der Waals surface area (Å²) in [5, 5.41) is 3.70. The molecule has 1 amide bonds. The van der Waals surface area contributed by atoms with E-state index in [-0.39, 0.29) is 11.7 Å². The predicted octanol–water partition coefficient (Wildman–Crippen LogP) is 6.41. The lowest BCUT2D eigenvalue weighted by atomic mass is 10.0. The number of hydrogen-bond donors (Lipinski definition) is 1. The summed E-state index contributed by atoms with van der Waals surface area (Å²) >= 11 is 12.1. The number of benzene rings is 3. The summed E-state index contributed by atoms with van der Waals surface area (Å²) in [7, 11) is 1.81. The number of amides is 1. The second-order valence-corrected chi connectivity index (χ2v) is 7.77. The number of halogens is 4. The molecule has 0 fully saturated rings. The van der Waals surface area contributed by atoms with Crippen molar-refractivity contribution in [3.05, 3.63) is 94.0 Å². The lowest BCUT2D eigenvalue weighted by Gasteiger charge is -2.28. The highest BCUT2D eigenvalue weighted by molar-refractivity contribution is 6.35. The third-order valence-corrected chi connectivity index (χ3v) is 4.95. The van der Waals surface area contributed by atoms with Gasteiger partial charge in [-0.1, -0.05) is 65.7 Å². The molecule has 0 aliphatic rings. The maximum absolute atomic E-state index is 13.2. The quantitative estimate of drug-likeness (QED) is 0.418. The first-order valence-corrected chi connectivity index (χ1v) is 10.1. The van der Waals surface area contributed by atoms with E-state index < -0.39 is 12.7 Å². The number of hydrogen-bond acceptors (Lipinski definition) is 3. The first-order valence-electron chi connectivity index (χ1n) is 9.37. The van der Waals surface area contributed by atoms with Crippen molar-refractivity contribution < 1.29 is 18.3 Å². The predicted molar refractivity (Wildman–Crippen MR) is 119 cm³/mol. The van der Waals surface area contributed by atoms with Crippen LogP contribution in [-0.4, -0.2) is 24.5 Å². The number of nitrogens with one attached hydrogen (secondary N) is 1. The summed E-state index contributed by atoms with van der Waals surface area (Å²) in [6.45, 7) is -2.47. The van der Waals surface area contributed by atoms with Gasteiger partial charge in [-0.25, -0.2) is 0 Å². The first-order chi connectivity index (χ1) is 14.8. The van der Waals surface area contributed by atoms with Crippen molar-refractivity contribution >= 4 is 34.8 Å². The molecule has 1 unspecified atom stereocenters. The maximum Gasteiger partial charge on any atom is 0.387 e. The number of alkyl halides is 2. The van der Waals surface area contributed by atoms with E-state index in [2.05, 4.69) is 10.1 Å². The van der Waals surface area contributed by atoms with Crippen LogP contribution in [0.15, 0.2) is 72.8 Å². The van der Waals surface area contributed by atoms with Crippen LogP contribution < -0.4 is 10.1 Å². The van der Waals surface area contributed by atoms with Crippen LogP contribution in [0.2, 0.25) is 10.0 Å². The van der Waals surface area contributed by atoms with E-state index in [1.807, 2.05) is 42.3 Å². The normalized spacial score (nSPS) is 12.1. The molecule has 0 aliphatic carbocycles. The highest BCUT2D eigenvalue weighted by atomic mass is 35.5. The zero-order valence-electron chi connectivity index (χ0n) is 16.6. The van der Waals surface area contributed by atoms with Gasteiger partial charge in [0.1, 0.15) is 11.8 Å². The van der Waals surface area contributed by atoms with Crippen molar-refractivity contribution in [2.24, 2.45) is 0 Å². The second kappa shape index (κ2) is 10.6. The molecule has 31 heavy (non-hydrogen) atoms. The minimum Gasteiger partial charge on any atom is -0.435 e. The standard InChI is InChI=1S/C23H20Cl2F2N2O2/c1-29(14-15-7-9-20(10-8-15)31-23(26)27)21(16-5-3-2-4-6-16)22(30)28-19-12-17(24)11-18(25)13-19/h2-13,21,23H,14H2,1H3,(H,28,30). The molecular weight excluding hydrogens is 445 g/mol. The van der Waals surface area contributed by atoms with E-state index in [9.17, 15) is 13.6 Å². The monoisotopic (exact) mass is 464 g/mol. The number of ether oxygens (including phenoxy) is 1. The van der Waals surface area contributed by atoms with Gasteiger partial charge in [0, 0.05) is 22.3 Å². The molecule has 1 N–H and O–H groups in total. The van der Waals surface area contributed by atoms with E-state index in [1.54, 1.807) is 30.3 Å². The van der Waals surface area contributed by atoms with Gasteiger partial charge in [-0.05, 0) is 48.5 Å². The zero-order valence-corrected chi connectivity index (χ0v) is 18.1. The van der Waals surface area contributed by atoms with Crippen LogP contribution in [-0.2, 0) is 11.3 Å². The van der Waals surface area contributed by atoms with Crippen LogP contribution in [0, 0.1) is 0 Å². The molecule has 3 rings (SSSR count). The van der Waals surface area contributed by atoms with Crippen molar-refractivity contribution in [3.63, 3.8) is 0 Å². The molecular formula is C23H20Cl2F2N2O2. The Morgan fingerprint density at radius 2 is 1.61 bits per heavy atom. The van der Waals surface area contributed by atoms with Gasteiger partial charge in [0.05, 0.1) is 0 Å². The third kappa shape index (κ3) is 6.66. The van der Waals surface area contributed by atoms with E-state index in [0.717, 1.165) is 11.1 Å². The Kier molecular flexibility index (Phi) is 7.85. The first kappa shape index (κ1) is 23.0. The molecule has 0 bridgehead atoms. The Bertz CT molecular complexity index is 998. The van der Waals surface area contributed by atoms with Gasteiger partial charge in [0.25, 0.3) is 0 Å². The largest absolute Gasteiger partial charge is 0.435 e. The molecule has 3 aromatic carbocycles. The maximum atomic E-state index is 13.2. The van der Waals surface area contributed by atoms with Crippen LogP contribution in [0.4, 0.5) is 14.5 Å². The SMILES string of the molecule is CN(Cc1ccc(OC(F)F)cc1)C(C(=O)Nc1cc(Cl)cc(Cl)c1)c1ccccc1. The summed E-state index contributed by atoms with van der Waals surface area (Å²) in [4.78, 5) is 15.1. The fourth-order valence-corrected chi connectivity index (χ4v) is 3.76. The number of likely N-dealkylation sites (N-methyl/N-ethyl adjacent to an activating group) is 1. The van der Waals surface area contributed by atoms with E-state index >= 15 is 0 Å². The summed E-state index contributed by atoms with van der Waals surface area (Å²) < 4.78 is 29.1. The van der Waals surface area contributed by atoms with Crippen LogP contribution in [0.5, 0.6) is 5.75 Å². The van der Waals surface area contributed by atoms with Gasteiger partial charge in [-0.3, -0.25) is 9.69 Å². The topological polar surface area (TPSA) is 41.6 Å². The summed E-state index contributed by atoms with van der Waals surface area (Å²) in [6, 6.07) is 19.8. The third-order valence-electron chi connectivity index (χ3n) is 4.52. The number of nitrogens with zero attached hydrogens (tertiary/aromatic N) is 1. The van der Waals surface area contributed by atoms with E-state index in [0.29, 0.717) is 22.3 Å². The molecule has 0 spiro atoms. The van der Waals surface area contributed by atoms with Crippen molar-refractivity contribution in [3.8, 4) is 5.75 Å². The average molecular weight is 465 g/mol. The highest BCUT2D eigenvalue weighted by Crippen LogP contribution is 2.27. The molecule has 0 aromatic heterocycles. The van der Waals surface area contributed by atoms with Gasteiger partial charge in [-0.2, -0.15) is 8.78 Å². The summed E-state index contributed by atoms with van der Waals surface area (Å²) in [6.07, 6.45) is 0. The van der Waals surface area contributed by atoms with Crippen molar-refractivity contribution in [1.29, 1.82) is 0 Å². The zero-order chi connectivity index (χ0) is 22.4. The van der Waals surface area contributed by atoms with Crippen molar-refractivity contribution in [1.82, 2.24) is 4.90 Å². The van der Waals surface area contributed by atoms with Crippen molar-refractivity contribution in [2.45, 2.75) is 19.2 Å². The lowest BCUT2D eigenvalue weighted by molar-refractivity contribution is -0.121. The lowest BCUT2D eigenvalue weighted by Crippen LogP contribution is -2.34. The Morgan fingerprint density at radius 3 is 2.19 bits per heavy atom. The molecule has 0 saturated heterocycles. The highest BCUT2D eigenvalue weighted by Gasteiger charge is 2.25. The molecule has 8 heteroatoms. The molecule has 0 aliphatic heterocycles. The van der Waals surface area contributed by atoms with Gasteiger partial charge < -0.3 is 10.1 Å².